The van der Waals surface area contributed by atoms with Gasteiger partial charge in [-0.25, -0.2) is 0 Å². The zero-order valence-corrected chi connectivity index (χ0v) is 9.35. The Morgan fingerprint density at radius 3 is 2.93 bits per heavy atom. The van der Waals surface area contributed by atoms with Gasteiger partial charge in [-0.1, -0.05) is 0 Å². The van der Waals surface area contributed by atoms with E-state index < -0.39 is 0 Å². The fourth-order valence-corrected chi connectivity index (χ4v) is 2.80. The first-order valence-electron chi connectivity index (χ1n) is 5.21. The standard InChI is InChI=1S/C11H17NOS/c1-8-5-6-10(14-8)11(12)9-4-2-3-7-13-9/h5-6,9,11H,2-4,7,12H2,1H3. The average Bonchev–Trinajstić information content (AvgIpc) is 2.65. The van der Waals surface area contributed by atoms with E-state index in [1.165, 1.54) is 22.6 Å². The molecule has 2 nitrogen and oxygen atoms in total. The smallest absolute Gasteiger partial charge is 0.0775 e. The summed E-state index contributed by atoms with van der Waals surface area (Å²) in [5, 5.41) is 0. The molecular formula is C11H17NOS. The van der Waals surface area contributed by atoms with Crippen LogP contribution in [0.15, 0.2) is 12.1 Å². The molecule has 2 atom stereocenters. The van der Waals surface area contributed by atoms with Crippen LogP contribution >= 0.6 is 11.3 Å². The predicted molar refractivity (Wildman–Crippen MR) is 59.6 cm³/mol. The van der Waals surface area contributed by atoms with Gasteiger partial charge in [0.05, 0.1) is 12.1 Å². The van der Waals surface area contributed by atoms with Gasteiger partial charge in [-0.2, -0.15) is 0 Å². The Bertz CT molecular complexity index is 291. The number of aryl methyl sites for hydroxylation is 1. The second-order valence-corrected chi connectivity index (χ2v) is 5.20. The third-order valence-electron chi connectivity index (χ3n) is 2.71. The van der Waals surface area contributed by atoms with Crippen molar-refractivity contribution in [1.29, 1.82) is 0 Å². The van der Waals surface area contributed by atoms with E-state index in [1.807, 2.05) is 0 Å². The molecule has 0 bridgehead atoms. The maximum Gasteiger partial charge on any atom is 0.0775 e. The second-order valence-electron chi connectivity index (χ2n) is 3.88. The minimum Gasteiger partial charge on any atom is -0.376 e. The van der Waals surface area contributed by atoms with Crippen LogP contribution in [0.5, 0.6) is 0 Å². The summed E-state index contributed by atoms with van der Waals surface area (Å²) in [5.41, 5.74) is 6.17. The van der Waals surface area contributed by atoms with Crippen LogP contribution in [0.4, 0.5) is 0 Å². The van der Waals surface area contributed by atoms with Crippen molar-refractivity contribution in [3.05, 3.63) is 21.9 Å². The molecule has 78 valence electrons. The fourth-order valence-electron chi connectivity index (χ4n) is 1.86. The average molecular weight is 211 g/mol. The lowest BCUT2D eigenvalue weighted by Crippen LogP contribution is -2.31. The SMILES string of the molecule is Cc1ccc(C(N)C2CCCCO2)s1. The molecule has 1 fully saturated rings. The first-order valence-corrected chi connectivity index (χ1v) is 6.02. The number of thiophene rings is 1. The third kappa shape index (κ3) is 2.16. The molecule has 1 aliphatic rings. The van der Waals surface area contributed by atoms with Crippen LogP contribution in [-0.4, -0.2) is 12.7 Å². The first kappa shape index (κ1) is 10.1. The molecule has 0 aliphatic carbocycles. The minimum absolute atomic E-state index is 0.0778. The van der Waals surface area contributed by atoms with Gasteiger partial charge >= 0.3 is 0 Å². The van der Waals surface area contributed by atoms with E-state index in [4.69, 9.17) is 10.5 Å². The summed E-state index contributed by atoms with van der Waals surface area (Å²) in [7, 11) is 0. The van der Waals surface area contributed by atoms with Crippen molar-refractivity contribution in [2.45, 2.75) is 38.3 Å². The van der Waals surface area contributed by atoms with E-state index in [1.54, 1.807) is 11.3 Å². The fraction of sp³-hybridized carbons (Fsp3) is 0.636. The zero-order chi connectivity index (χ0) is 9.97. The summed E-state index contributed by atoms with van der Waals surface area (Å²) in [6, 6.07) is 4.33. The van der Waals surface area contributed by atoms with Crippen molar-refractivity contribution in [2.75, 3.05) is 6.61 Å². The molecule has 2 rings (SSSR count). The quantitative estimate of drug-likeness (QED) is 0.816. The van der Waals surface area contributed by atoms with Crippen LogP contribution in [0.2, 0.25) is 0 Å². The van der Waals surface area contributed by atoms with Crippen LogP contribution in [0.25, 0.3) is 0 Å². The molecule has 1 aromatic rings. The molecule has 2 heterocycles. The molecule has 2 N–H and O–H groups in total. The molecule has 1 aliphatic heterocycles. The topological polar surface area (TPSA) is 35.2 Å². The number of rotatable bonds is 2. The lowest BCUT2D eigenvalue weighted by Gasteiger charge is -2.27. The van der Waals surface area contributed by atoms with Gasteiger partial charge in [0.25, 0.3) is 0 Å². The van der Waals surface area contributed by atoms with E-state index >= 15 is 0 Å². The number of hydrogen-bond donors (Lipinski definition) is 1. The number of hydrogen-bond acceptors (Lipinski definition) is 3. The molecular weight excluding hydrogens is 194 g/mol. The lowest BCUT2D eigenvalue weighted by molar-refractivity contribution is 0.000669. The van der Waals surface area contributed by atoms with Crippen molar-refractivity contribution in [1.82, 2.24) is 0 Å². The Kier molecular flexibility index (Phi) is 3.21. The van der Waals surface area contributed by atoms with Crippen LogP contribution in [0.3, 0.4) is 0 Å². The highest BCUT2D eigenvalue weighted by molar-refractivity contribution is 7.12. The molecule has 14 heavy (non-hydrogen) atoms. The van der Waals surface area contributed by atoms with E-state index in [0.29, 0.717) is 0 Å². The van der Waals surface area contributed by atoms with Crippen LogP contribution in [0.1, 0.15) is 35.1 Å². The van der Waals surface area contributed by atoms with E-state index in [0.717, 1.165) is 13.0 Å². The number of nitrogens with two attached hydrogens (primary N) is 1. The maximum absolute atomic E-state index is 6.17. The van der Waals surface area contributed by atoms with Crippen LogP contribution < -0.4 is 5.73 Å². The van der Waals surface area contributed by atoms with Crippen LogP contribution in [0, 0.1) is 6.92 Å². The lowest BCUT2D eigenvalue weighted by atomic mass is 10.0. The molecule has 2 unspecified atom stereocenters. The summed E-state index contributed by atoms with van der Waals surface area (Å²) < 4.78 is 5.69. The first-order chi connectivity index (χ1) is 6.77. The molecule has 3 heteroatoms. The van der Waals surface area contributed by atoms with Crippen molar-refractivity contribution < 1.29 is 4.74 Å². The molecule has 1 saturated heterocycles. The monoisotopic (exact) mass is 211 g/mol. The maximum atomic E-state index is 6.17. The van der Waals surface area contributed by atoms with Gasteiger partial charge in [0, 0.05) is 16.4 Å². The zero-order valence-electron chi connectivity index (χ0n) is 8.53. The van der Waals surface area contributed by atoms with Gasteiger partial charge in [-0.15, -0.1) is 11.3 Å². The van der Waals surface area contributed by atoms with Gasteiger partial charge in [-0.3, -0.25) is 0 Å². The summed E-state index contributed by atoms with van der Waals surface area (Å²) in [6.45, 7) is 2.99. The summed E-state index contributed by atoms with van der Waals surface area (Å²) in [5.74, 6) is 0. The molecule has 0 saturated carbocycles. The largest absolute Gasteiger partial charge is 0.376 e. The van der Waals surface area contributed by atoms with E-state index in [2.05, 4.69) is 19.1 Å². The Hall–Kier alpha value is -0.380. The summed E-state index contributed by atoms with van der Waals surface area (Å²) in [4.78, 5) is 2.58. The van der Waals surface area contributed by atoms with Gasteiger partial charge in [0.2, 0.25) is 0 Å². The van der Waals surface area contributed by atoms with Crippen molar-refractivity contribution in [3.63, 3.8) is 0 Å². The Morgan fingerprint density at radius 2 is 2.36 bits per heavy atom. The van der Waals surface area contributed by atoms with E-state index in [9.17, 15) is 0 Å². The van der Waals surface area contributed by atoms with Crippen molar-refractivity contribution in [3.8, 4) is 0 Å². The molecule has 0 radical (unpaired) electrons. The third-order valence-corrected chi connectivity index (χ3v) is 3.81. The van der Waals surface area contributed by atoms with Gasteiger partial charge in [-0.05, 0) is 38.3 Å². The van der Waals surface area contributed by atoms with Crippen LogP contribution in [-0.2, 0) is 4.74 Å². The Morgan fingerprint density at radius 1 is 1.50 bits per heavy atom. The van der Waals surface area contributed by atoms with Gasteiger partial charge in [0.1, 0.15) is 0 Å². The van der Waals surface area contributed by atoms with Crippen molar-refractivity contribution >= 4 is 11.3 Å². The predicted octanol–water partition coefficient (Wildman–Crippen LogP) is 2.63. The molecule has 0 amide bonds. The highest BCUT2D eigenvalue weighted by atomic mass is 32.1. The minimum atomic E-state index is 0.0778. The highest BCUT2D eigenvalue weighted by Gasteiger charge is 2.23. The molecule has 0 aromatic carbocycles. The number of ether oxygens (including phenoxy) is 1. The Labute approximate surface area is 89.1 Å². The summed E-state index contributed by atoms with van der Waals surface area (Å²) >= 11 is 1.78. The molecule has 0 spiro atoms. The van der Waals surface area contributed by atoms with Gasteiger partial charge in [0.15, 0.2) is 0 Å². The van der Waals surface area contributed by atoms with Gasteiger partial charge < -0.3 is 10.5 Å². The van der Waals surface area contributed by atoms with E-state index in [-0.39, 0.29) is 12.1 Å². The molecule has 1 aromatic heterocycles. The Balaban J connectivity index is 2.03. The van der Waals surface area contributed by atoms with Crippen molar-refractivity contribution in [2.24, 2.45) is 5.73 Å². The summed E-state index contributed by atoms with van der Waals surface area (Å²) in [6.07, 6.45) is 3.79. The highest BCUT2D eigenvalue weighted by Crippen LogP contribution is 2.28. The normalized spacial score (nSPS) is 24.9. The second kappa shape index (κ2) is 4.43.